The van der Waals surface area contributed by atoms with E-state index in [2.05, 4.69) is 15.2 Å². The number of aromatic nitrogens is 2. The summed E-state index contributed by atoms with van der Waals surface area (Å²) in [4.78, 5) is 0. The lowest BCUT2D eigenvalue weighted by Gasteiger charge is -2.23. The molecule has 0 amide bonds. The number of piperidine rings is 1. The molecule has 1 aliphatic heterocycles. The summed E-state index contributed by atoms with van der Waals surface area (Å²) in [6, 6.07) is 7.52. The van der Waals surface area contributed by atoms with Crippen molar-refractivity contribution in [3.8, 4) is 5.69 Å². The summed E-state index contributed by atoms with van der Waals surface area (Å²) in [6.07, 6.45) is 5.49. The highest BCUT2D eigenvalue weighted by molar-refractivity contribution is 6.34. The first kappa shape index (κ1) is 15.4. The van der Waals surface area contributed by atoms with E-state index < -0.39 is 0 Å². The van der Waals surface area contributed by atoms with Crippen molar-refractivity contribution in [3.63, 3.8) is 0 Å². The standard InChI is InChI=1S/C16H18Cl2N4/c1-12-13(11-19-21-9-5-2-6-10-21)16(18)22(20-12)15-8-4-3-7-14(15)17/h3-4,7-8,11H,2,5-6,9-10H2,1H3. The van der Waals surface area contributed by atoms with Gasteiger partial charge in [-0.05, 0) is 38.3 Å². The lowest BCUT2D eigenvalue weighted by Crippen LogP contribution is -2.24. The molecule has 0 saturated carbocycles. The Balaban J connectivity index is 1.90. The van der Waals surface area contributed by atoms with Gasteiger partial charge in [0, 0.05) is 13.1 Å². The van der Waals surface area contributed by atoms with Gasteiger partial charge in [0.1, 0.15) is 5.15 Å². The normalized spacial score (nSPS) is 15.7. The fourth-order valence-electron chi connectivity index (χ4n) is 2.57. The number of rotatable bonds is 3. The second kappa shape index (κ2) is 6.71. The molecule has 6 heteroatoms. The monoisotopic (exact) mass is 336 g/mol. The predicted molar refractivity (Wildman–Crippen MR) is 91.3 cm³/mol. The van der Waals surface area contributed by atoms with Crippen molar-refractivity contribution in [3.05, 3.63) is 45.7 Å². The average molecular weight is 337 g/mol. The maximum absolute atomic E-state index is 6.49. The van der Waals surface area contributed by atoms with Crippen molar-refractivity contribution in [1.29, 1.82) is 0 Å². The van der Waals surface area contributed by atoms with Gasteiger partial charge in [0.2, 0.25) is 0 Å². The zero-order valence-corrected chi connectivity index (χ0v) is 14.0. The Morgan fingerprint density at radius 2 is 1.86 bits per heavy atom. The van der Waals surface area contributed by atoms with Crippen molar-refractivity contribution >= 4 is 29.4 Å². The minimum Gasteiger partial charge on any atom is -0.297 e. The van der Waals surface area contributed by atoms with Crippen LogP contribution in [0.15, 0.2) is 29.4 Å². The van der Waals surface area contributed by atoms with E-state index in [9.17, 15) is 0 Å². The van der Waals surface area contributed by atoms with Gasteiger partial charge in [-0.3, -0.25) is 5.01 Å². The second-order valence-corrected chi connectivity index (χ2v) is 6.18. The van der Waals surface area contributed by atoms with Gasteiger partial charge in [0.15, 0.2) is 0 Å². The highest BCUT2D eigenvalue weighted by Gasteiger charge is 2.15. The molecule has 116 valence electrons. The van der Waals surface area contributed by atoms with Gasteiger partial charge in [0.25, 0.3) is 0 Å². The summed E-state index contributed by atoms with van der Waals surface area (Å²) in [5, 5.41) is 12.3. The number of aryl methyl sites for hydroxylation is 1. The highest BCUT2D eigenvalue weighted by atomic mass is 35.5. The van der Waals surface area contributed by atoms with Crippen molar-refractivity contribution in [2.45, 2.75) is 26.2 Å². The molecular weight excluding hydrogens is 319 g/mol. The molecule has 0 aliphatic carbocycles. The lowest BCUT2D eigenvalue weighted by atomic mass is 10.2. The molecule has 0 atom stereocenters. The molecule has 2 heterocycles. The molecule has 2 aromatic rings. The molecule has 0 unspecified atom stereocenters. The number of hydrogen-bond donors (Lipinski definition) is 0. The minimum absolute atomic E-state index is 0.534. The Labute approximate surface area is 140 Å². The van der Waals surface area contributed by atoms with Gasteiger partial charge in [-0.25, -0.2) is 4.68 Å². The highest BCUT2D eigenvalue weighted by Crippen LogP contribution is 2.26. The molecule has 0 spiro atoms. The summed E-state index contributed by atoms with van der Waals surface area (Å²) >= 11 is 12.7. The third kappa shape index (κ3) is 3.13. The third-order valence-corrected chi connectivity index (χ3v) is 4.49. The van der Waals surface area contributed by atoms with E-state index in [0.717, 1.165) is 30.0 Å². The number of nitrogens with zero attached hydrogens (tertiary/aromatic N) is 4. The van der Waals surface area contributed by atoms with E-state index in [-0.39, 0.29) is 0 Å². The SMILES string of the molecule is Cc1nn(-c2ccccc2Cl)c(Cl)c1C=NN1CCCCC1. The summed E-state index contributed by atoms with van der Waals surface area (Å²) in [5.74, 6) is 0. The summed E-state index contributed by atoms with van der Waals surface area (Å²) in [5.41, 5.74) is 2.45. The zero-order chi connectivity index (χ0) is 15.5. The van der Waals surface area contributed by atoms with E-state index in [0.29, 0.717) is 10.2 Å². The smallest absolute Gasteiger partial charge is 0.142 e. The van der Waals surface area contributed by atoms with Crippen LogP contribution in [-0.4, -0.2) is 34.1 Å². The van der Waals surface area contributed by atoms with Crippen LogP contribution in [0.3, 0.4) is 0 Å². The van der Waals surface area contributed by atoms with Gasteiger partial charge in [-0.2, -0.15) is 10.2 Å². The molecule has 1 aliphatic rings. The lowest BCUT2D eigenvalue weighted by molar-refractivity contribution is 0.240. The molecule has 3 rings (SSSR count). The molecular formula is C16H18Cl2N4. The molecule has 22 heavy (non-hydrogen) atoms. The van der Waals surface area contributed by atoms with Gasteiger partial charge in [-0.15, -0.1) is 0 Å². The number of para-hydroxylation sites is 1. The number of hydrazone groups is 1. The molecule has 0 N–H and O–H groups in total. The third-order valence-electron chi connectivity index (χ3n) is 3.81. The van der Waals surface area contributed by atoms with Crippen LogP contribution in [0.5, 0.6) is 0 Å². The second-order valence-electron chi connectivity index (χ2n) is 5.41. The van der Waals surface area contributed by atoms with Crippen molar-refractivity contribution < 1.29 is 0 Å². The molecule has 0 radical (unpaired) electrons. The maximum Gasteiger partial charge on any atom is 0.142 e. The molecule has 1 aromatic carbocycles. The Kier molecular flexibility index (Phi) is 4.69. The Morgan fingerprint density at radius 1 is 1.14 bits per heavy atom. The van der Waals surface area contributed by atoms with Gasteiger partial charge in [-0.1, -0.05) is 35.3 Å². The average Bonchev–Trinajstić information content (AvgIpc) is 2.81. The number of benzene rings is 1. The first-order valence-corrected chi connectivity index (χ1v) is 8.21. The van der Waals surface area contributed by atoms with Crippen LogP contribution >= 0.6 is 23.2 Å². The Hall–Kier alpha value is -1.52. The van der Waals surface area contributed by atoms with Crippen LogP contribution < -0.4 is 0 Å². The van der Waals surface area contributed by atoms with Crippen LogP contribution in [0.25, 0.3) is 5.69 Å². The Bertz CT molecular complexity index is 687. The first-order chi connectivity index (χ1) is 10.7. The van der Waals surface area contributed by atoms with Crippen molar-refractivity contribution in [2.75, 3.05) is 13.1 Å². The molecule has 1 aromatic heterocycles. The van der Waals surface area contributed by atoms with Crippen molar-refractivity contribution in [1.82, 2.24) is 14.8 Å². The topological polar surface area (TPSA) is 33.4 Å². The fraction of sp³-hybridized carbons (Fsp3) is 0.375. The molecule has 1 fully saturated rings. The van der Waals surface area contributed by atoms with E-state index in [1.54, 1.807) is 4.68 Å². The zero-order valence-electron chi connectivity index (χ0n) is 12.5. The molecule has 0 bridgehead atoms. The summed E-state index contributed by atoms with van der Waals surface area (Å²) < 4.78 is 1.66. The number of halogens is 2. The number of hydrogen-bond acceptors (Lipinski definition) is 3. The van der Waals surface area contributed by atoms with Crippen LogP contribution in [0.4, 0.5) is 0 Å². The van der Waals surface area contributed by atoms with Gasteiger partial charge >= 0.3 is 0 Å². The van der Waals surface area contributed by atoms with Gasteiger partial charge < -0.3 is 0 Å². The minimum atomic E-state index is 0.534. The first-order valence-electron chi connectivity index (χ1n) is 7.46. The van der Waals surface area contributed by atoms with E-state index in [1.807, 2.05) is 37.4 Å². The summed E-state index contributed by atoms with van der Waals surface area (Å²) in [7, 11) is 0. The van der Waals surface area contributed by atoms with Crippen molar-refractivity contribution in [2.24, 2.45) is 5.10 Å². The van der Waals surface area contributed by atoms with Crippen LogP contribution in [-0.2, 0) is 0 Å². The summed E-state index contributed by atoms with van der Waals surface area (Å²) in [6.45, 7) is 3.94. The maximum atomic E-state index is 6.49. The van der Waals surface area contributed by atoms with Gasteiger partial charge in [0.05, 0.1) is 28.2 Å². The van der Waals surface area contributed by atoms with Crippen LogP contribution in [0.1, 0.15) is 30.5 Å². The molecule has 1 saturated heterocycles. The van der Waals surface area contributed by atoms with E-state index in [1.165, 1.54) is 19.3 Å². The predicted octanol–water partition coefficient (Wildman–Crippen LogP) is 4.31. The van der Waals surface area contributed by atoms with E-state index >= 15 is 0 Å². The van der Waals surface area contributed by atoms with E-state index in [4.69, 9.17) is 23.2 Å². The quantitative estimate of drug-likeness (QED) is 0.782. The Morgan fingerprint density at radius 3 is 2.59 bits per heavy atom. The largest absolute Gasteiger partial charge is 0.297 e. The van der Waals surface area contributed by atoms with Crippen LogP contribution in [0.2, 0.25) is 10.2 Å². The molecule has 4 nitrogen and oxygen atoms in total. The van der Waals surface area contributed by atoms with Crippen LogP contribution in [0, 0.1) is 6.92 Å². The fourth-order valence-corrected chi connectivity index (χ4v) is 3.10.